The fourth-order valence-corrected chi connectivity index (χ4v) is 2.45. The van der Waals surface area contributed by atoms with Crippen molar-refractivity contribution < 1.29 is 40.7 Å². The van der Waals surface area contributed by atoms with Crippen LogP contribution in [0.25, 0.3) is 0 Å². The fourth-order valence-electron chi connectivity index (χ4n) is 2.32. The molecule has 1 aromatic carbocycles. The van der Waals surface area contributed by atoms with Gasteiger partial charge >= 0.3 is 18.3 Å². The first-order valence-corrected chi connectivity index (χ1v) is 7.55. The van der Waals surface area contributed by atoms with E-state index < -0.39 is 48.2 Å². The highest BCUT2D eigenvalue weighted by molar-refractivity contribution is 6.29. The average Bonchev–Trinajstić information content (AvgIpc) is 2.56. The maximum Gasteiger partial charge on any atom is 0.471 e. The Labute approximate surface area is 147 Å². The third-order valence-electron chi connectivity index (χ3n) is 3.48. The second-order valence-electron chi connectivity index (χ2n) is 5.25. The molecule has 0 radical (unpaired) electrons. The third-order valence-corrected chi connectivity index (χ3v) is 3.71. The molecule has 0 saturated heterocycles. The molecule has 0 aliphatic carbocycles. The van der Waals surface area contributed by atoms with Crippen LogP contribution in [0, 0.1) is 0 Å². The fraction of sp³-hybridized carbons (Fsp3) is 0.429. The van der Waals surface area contributed by atoms with E-state index in [0.29, 0.717) is 6.07 Å². The molecular weight excluding hydrogens is 394 g/mol. The van der Waals surface area contributed by atoms with Crippen LogP contribution in [0.5, 0.6) is 5.75 Å². The van der Waals surface area contributed by atoms with Crippen molar-refractivity contribution in [2.24, 2.45) is 0 Å². The molecule has 2 rings (SSSR count). The summed E-state index contributed by atoms with van der Waals surface area (Å²) in [5, 5.41) is 1.57. The van der Waals surface area contributed by atoms with Gasteiger partial charge in [0.2, 0.25) is 5.91 Å². The number of amides is 2. The van der Waals surface area contributed by atoms with Crippen molar-refractivity contribution in [3.05, 3.63) is 23.8 Å². The lowest BCUT2D eigenvalue weighted by atomic mass is 10.1. The molecule has 1 aliphatic rings. The zero-order chi connectivity index (χ0) is 19.7. The Bertz CT molecular complexity index is 707. The summed E-state index contributed by atoms with van der Waals surface area (Å²) in [4.78, 5) is 23.8. The molecular formula is C14H11ClF6N2O3. The van der Waals surface area contributed by atoms with Crippen LogP contribution >= 0.6 is 11.6 Å². The lowest BCUT2D eigenvalue weighted by Crippen LogP contribution is -2.54. The van der Waals surface area contributed by atoms with Crippen LogP contribution in [0.2, 0.25) is 0 Å². The largest absolute Gasteiger partial charge is 0.489 e. The number of anilines is 1. The van der Waals surface area contributed by atoms with Crippen molar-refractivity contribution in [2.75, 3.05) is 23.9 Å². The molecule has 1 aromatic rings. The summed E-state index contributed by atoms with van der Waals surface area (Å²) in [5.74, 6) is -3.78. The molecule has 0 fully saturated rings. The van der Waals surface area contributed by atoms with E-state index in [1.165, 1.54) is 0 Å². The normalized spacial score (nSPS) is 17.3. The van der Waals surface area contributed by atoms with Gasteiger partial charge < -0.3 is 10.1 Å². The van der Waals surface area contributed by atoms with E-state index in [2.05, 4.69) is 0 Å². The first-order valence-electron chi connectivity index (χ1n) is 7.02. The van der Waals surface area contributed by atoms with Crippen molar-refractivity contribution >= 4 is 29.1 Å². The van der Waals surface area contributed by atoms with Gasteiger partial charge in [-0.25, -0.2) is 0 Å². The number of carbonyl (C=O) groups excluding carboxylic acids is 2. The zero-order valence-electron chi connectivity index (χ0n) is 12.7. The first-order chi connectivity index (χ1) is 11.9. The molecule has 0 spiro atoms. The summed E-state index contributed by atoms with van der Waals surface area (Å²) in [7, 11) is 0. The van der Waals surface area contributed by atoms with Crippen LogP contribution in [0.4, 0.5) is 32.0 Å². The minimum atomic E-state index is -5.14. The van der Waals surface area contributed by atoms with Gasteiger partial charge in [-0.15, -0.1) is 11.6 Å². The number of halogens is 7. The SMILES string of the molecule is O=C(CCl)N1c2cc(C(F)(F)F)ccc2OCC1CNC(=O)C(F)(F)F. The molecule has 1 unspecified atom stereocenters. The Morgan fingerprint density at radius 1 is 1.23 bits per heavy atom. The number of hydrogen-bond donors (Lipinski definition) is 1. The quantitative estimate of drug-likeness (QED) is 0.622. The van der Waals surface area contributed by atoms with E-state index in [1.807, 2.05) is 0 Å². The van der Waals surface area contributed by atoms with Gasteiger partial charge in [0.1, 0.15) is 18.2 Å². The molecule has 26 heavy (non-hydrogen) atoms. The molecule has 12 heteroatoms. The monoisotopic (exact) mass is 404 g/mol. The molecule has 0 saturated carbocycles. The minimum Gasteiger partial charge on any atom is -0.489 e. The van der Waals surface area contributed by atoms with Gasteiger partial charge in [-0.05, 0) is 18.2 Å². The number of nitrogens with zero attached hydrogens (tertiary/aromatic N) is 1. The molecule has 144 valence electrons. The number of fused-ring (bicyclic) bond motifs is 1. The molecule has 1 atom stereocenters. The van der Waals surface area contributed by atoms with E-state index in [9.17, 15) is 35.9 Å². The van der Waals surface area contributed by atoms with Crippen LogP contribution in [0.15, 0.2) is 18.2 Å². The topological polar surface area (TPSA) is 58.6 Å². The molecule has 1 aliphatic heterocycles. The zero-order valence-corrected chi connectivity index (χ0v) is 13.5. The number of ether oxygens (including phenoxy) is 1. The summed E-state index contributed by atoms with van der Waals surface area (Å²) in [6.07, 6.45) is -9.85. The van der Waals surface area contributed by atoms with E-state index in [1.54, 1.807) is 5.32 Å². The molecule has 2 amide bonds. The molecule has 0 aromatic heterocycles. The molecule has 1 N–H and O–H groups in total. The van der Waals surface area contributed by atoms with Crippen LogP contribution < -0.4 is 15.0 Å². The number of alkyl halides is 7. The molecule has 0 bridgehead atoms. The standard InChI is InChI=1S/C14H11ClF6N2O3/c15-4-11(24)23-8(5-22-12(25)14(19,20)21)6-26-10-2-1-7(3-9(10)23)13(16,17)18/h1-3,8H,4-6H2,(H,22,25). The first kappa shape index (κ1) is 20.1. The van der Waals surface area contributed by atoms with Gasteiger partial charge in [0.15, 0.2) is 0 Å². The lowest BCUT2D eigenvalue weighted by molar-refractivity contribution is -0.173. The van der Waals surface area contributed by atoms with Crippen molar-refractivity contribution in [1.82, 2.24) is 5.32 Å². The molecule has 5 nitrogen and oxygen atoms in total. The van der Waals surface area contributed by atoms with Crippen molar-refractivity contribution in [1.29, 1.82) is 0 Å². The number of nitrogens with one attached hydrogen (secondary N) is 1. The average molecular weight is 405 g/mol. The Morgan fingerprint density at radius 2 is 1.88 bits per heavy atom. The van der Waals surface area contributed by atoms with E-state index in [0.717, 1.165) is 17.0 Å². The predicted octanol–water partition coefficient (Wildman–Crippen LogP) is 2.72. The van der Waals surface area contributed by atoms with E-state index in [-0.39, 0.29) is 18.0 Å². The summed E-state index contributed by atoms with van der Waals surface area (Å²) in [5.41, 5.74) is -1.37. The van der Waals surface area contributed by atoms with Gasteiger partial charge in [0.05, 0.1) is 17.3 Å². The van der Waals surface area contributed by atoms with Gasteiger partial charge in [-0.3, -0.25) is 14.5 Å². The summed E-state index contributed by atoms with van der Waals surface area (Å²) in [6.45, 7) is -1.02. The summed E-state index contributed by atoms with van der Waals surface area (Å²) < 4.78 is 80.7. The number of benzene rings is 1. The van der Waals surface area contributed by atoms with Crippen LogP contribution in [-0.2, 0) is 15.8 Å². The van der Waals surface area contributed by atoms with Crippen molar-refractivity contribution in [2.45, 2.75) is 18.4 Å². The highest BCUT2D eigenvalue weighted by atomic mass is 35.5. The maximum absolute atomic E-state index is 12.9. The number of carbonyl (C=O) groups is 2. The highest BCUT2D eigenvalue weighted by Gasteiger charge is 2.41. The van der Waals surface area contributed by atoms with Gasteiger partial charge in [-0.2, -0.15) is 26.3 Å². The minimum absolute atomic E-state index is 0.0603. The van der Waals surface area contributed by atoms with E-state index >= 15 is 0 Å². The summed E-state index contributed by atoms with van der Waals surface area (Å²) >= 11 is 5.46. The summed E-state index contributed by atoms with van der Waals surface area (Å²) in [6, 6.07) is 1.21. The van der Waals surface area contributed by atoms with Gasteiger partial charge in [0, 0.05) is 6.54 Å². The van der Waals surface area contributed by atoms with Gasteiger partial charge in [0.25, 0.3) is 0 Å². The van der Waals surface area contributed by atoms with Gasteiger partial charge in [-0.1, -0.05) is 0 Å². The third kappa shape index (κ3) is 4.32. The smallest absolute Gasteiger partial charge is 0.471 e. The van der Waals surface area contributed by atoms with Crippen LogP contribution in [0.3, 0.4) is 0 Å². The number of rotatable bonds is 3. The Balaban J connectivity index is 2.33. The number of hydrogen-bond acceptors (Lipinski definition) is 3. The lowest BCUT2D eigenvalue weighted by Gasteiger charge is -2.37. The van der Waals surface area contributed by atoms with Crippen LogP contribution in [-0.4, -0.2) is 43.1 Å². The Morgan fingerprint density at radius 3 is 2.42 bits per heavy atom. The van der Waals surface area contributed by atoms with Crippen molar-refractivity contribution in [3.63, 3.8) is 0 Å². The van der Waals surface area contributed by atoms with E-state index in [4.69, 9.17) is 16.3 Å². The maximum atomic E-state index is 12.9. The highest BCUT2D eigenvalue weighted by Crippen LogP contribution is 2.39. The second-order valence-corrected chi connectivity index (χ2v) is 5.52. The predicted molar refractivity (Wildman–Crippen MR) is 78.0 cm³/mol. The Kier molecular flexibility index (Phi) is 5.59. The second kappa shape index (κ2) is 7.22. The Hall–Kier alpha value is -2.17. The molecule has 1 heterocycles. The van der Waals surface area contributed by atoms with Crippen molar-refractivity contribution in [3.8, 4) is 5.75 Å². The van der Waals surface area contributed by atoms with Crippen LogP contribution in [0.1, 0.15) is 5.56 Å².